The van der Waals surface area contributed by atoms with Crippen LogP contribution in [0.5, 0.6) is 0 Å². The molecule has 2 heterocycles. The Bertz CT molecular complexity index is 1050. The molecule has 4 rings (SSSR count). The number of benzene rings is 1. The van der Waals surface area contributed by atoms with E-state index >= 15 is 0 Å². The van der Waals surface area contributed by atoms with Crippen LogP contribution < -0.4 is 15.5 Å². The molecule has 2 fully saturated rings. The Morgan fingerprint density at radius 2 is 1.77 bits per heavy atom. The number of nitrogens with one attached hydrogen (secondary N) is 2. The highest BCUT2D eigenvalue weighted by Gasteiger charge is 2.28. The first-order valence-electron chi connectivity index (χ1n) is 13.3. The van der Waals surface area contributed by atoms with E-state index in [9.17, 15) is 9.59 Å². The number of nitrogens with zero attached hydrogens (tertiary/aromatic N) is 3. The standard InChI is InChI=1S/C28H41N5O2/c1-5-32-13-15-33(16-14-32)26-17-20(3)23-18-22(9-10-25(23)30-26)29-27(34)11-12-28(35)31-24-8-6-7-19(2)21(24)4/h9-10,17-19,21,24H,5-8,11-16H2,1-4H3,(H,29,34)(H,31,35). The van der Waals surface area contributed by atoms with Crippen molar-refractivity contribution in [1.29, 1.82) is 0 Å². The second-order valence-corrected chi connectivity index (χ2v) is 10.4. The third-order valence-corrected chi connectivity index (χ3v) is 8.06. The molecule has 0 bridgehead atoms. The van der Waals surface area contributed by atoms with Gasteiger partial charge in [0.15, 0.2) is 0 Å². The van der Waals surface area contributed by atoms with Gasteiger partial charge in [0.1, 0.15) is 5.82 Å². The number of hydrogen-bond donors (Lipinski definition) is 2. The minimum absolute atomic E-state index is 0.0306. The minimum Gasteiger partial charge on any atom is -0.354 e. The van der Waals surface area contributed by atoms with Gasteiger partial charge in [-0.05, 0) is 61.6 Å². The lowest BCUT2D eigenvalue weighted by Gasteiger charge is -2.35. The summed E-state index contributed by atoms with van der Waals surface area (Å²) in [5.41, 5.74) is 2.83. The average molecular weight is 480 g/mol. The van der Waals surface area contributed by atoms with Crippen LogP contribution in [0.3, 0.4) is 0 Å². The number of carbonyl (C=O) groups excluding carboxylic acids is 2. The second kappa shape index (κ2) is 11.4. The molecule has 2 amide bonds. The molecule has 1 aliphatic heterocycles. The van der Waals surface area contributed by atoms with E-state index in [4.69, 9.17) is 4.98 Å². The minimum atomic E-state index is -0.138. The first-order chi connectivity index (χ1) is 16.8. The number of pyridine rings is 1. The van der Waals surface area contributed by atoms with E-state index in [1.54, 1.807) is 0 Å². The molecule has 1 aromatic carbocycles. The van der Waals surface area contributed by atoms with Gasteiger partial charge in [-0.1, -0.05) is 33.6 Å². The highest BCUT2D eigenvalue weighted by molar-refractivity contribution is 5.96. The first-order valence-corrected chi connectivity index (χ1v) is 13.3. The number of hydrogen-bond acceptors (Lipinski definition) is 5. The molecule has 2 aliphatic rings. The Morgan fingerprint density at radius 3 is 2.51 bits per heavy atom. The van der Waals surface area contributed by atoms with Crippen molar-refractivity contribution >= 4 is 34.2 Å². The molecule has 2 N–H and O–H groups in total. The van der Waals surface area contributed by atoms with Crippen LogP contribution in [-0.2, 0) is 9.59 Å². The normalized spacial score (nSPS) is 23.3. The van der Waals surface area contributed by atoms with Crippen LogP contribution in [0, 0.1) is 18.8 Å². The molecule has 0 radical (unpaired) electrons. The number of anilines is 2. The van der Waals surface area contributed by atoms with Gasteiger partial charge in [-0.3, -0.25) is 9.59 Å². The van der Waals surface area contributed by atoms with Crippen LogP contribution in [0.4, 0.5) is 11.5 Å². The summed E-state index contributed by atoms with van der Waals surface area (Å²) in [6.45, 7) is 14.0. The maximum atomic E-state index is 12.5. The summed E-state index contributed by atoms with van der Waals surface area (Å²) in [4.78, 5) is 34.7. The molecule has 3 atom stereocenters. The van der Waals surface area contributed by atoms with Crippen molar-refractivity contribution in [1.82, 2.24) is 15.2 Å². The molecule has 7 heteroatoms. The third kappa shape index (κ3) is 6.31. The van der Waals surface area contributed by atoms with Crippen molar-refractivity contribution < 1.29 is 9.59 Å². The van der Waals surface area contributed by atoms with Crippen molar-refractivity contribution in [2.75, 3.05) is 42.9 Å². The highest BCUT2D eigenvalue weighted by atomic mass is 16.2. The number of piperazine rings is 1. The van der Waals surface area contributed by atoms with Crippen molar-refractivity contribution in [2.24, 2.45) is 11.8 Å². The number of aromatic nitrogens is 1. The number of likely N-dealkylation sites (N-methyl/N-ethyl adjacent to an activating group) is 1. The van der Waals surface area contributed by atoms with Gasteiger partial charge in [0, 0.05) is 56.1 Å². The van der Waals surface area contributed by atoms with E-state index in [1.165, 1.54) is 6.42 Å². The lowest BCUT2D eigenvalue weighted by Crippen LogP contribution is -2.46. The van der Waals surface area contributed by atoms with Gasteiger partial charge in [-0.2, -0.15) is 0 Å². The van der Waals surface area contributed by atoms with Crippen molar-refractivity contribution in [3.05, 3.63) is 29.8 Å². The summed E-state index contributed by atoms with van der Waals surface area (Å²) >= 11 is 0. The van der Waals surface area contributed by atoms with Gasteiger partial charge in [-0.15, -0.1) is 0 Å². The molecule has 2 aromatic rings. The number of aryl methyl sites for hydroxylation is 1. The first kappa shape index (κ1) is 25.4. The Kier molecular flexibility index (Phi) is 8.26. The van der Waals surface area contributed by atoms with Gasteiger partial charge in [-0.25, -0.2) is 4.98 Å². The predicted molar refractivity (Wildman–Crippen MR) is 143 cm³/mol. The fourth-order valence-corrected chi connectivity index (χ4v) is 5.42. The Hall–Kier alpha value is -2.67. The quantitative estimate of drug-likeness (QED) is 0.618. The fraction of sp³-hybridized carbons (Fsp3) is 0.607. The van der Waals surface area contributed by atoms with Crippen LogP contribution in [0.1, 0.15) is 58.4 Å². The van der Waals surface area contributed by atoms with Gasteiger partial charge in [0.2, 0.25) is 11.8 Å². The summed E-state index contributed by atoms with van der Waals surface area (Å²) < 4.78 is 0. The number of amides is 2. The predicted octanol–water partition coefficient (Wildman–Crippen LogP) is 4.34. The molecule has 1 aliphatic carbocycles. The molecule has 7 nitrogen and oxygen atoms in total. The molecule has 3 unspecified atom stereocenters. The number of carbonyl (C=O) groups is 2. The summed E-state index contributed by atoms with van der Waals surface area (Å²) in [6.07, 6.45) is 3.81. The van der Waals surface area contributed by atoms with Crippen LogP contribution in [-0.4, -0.2) is 60.5 Å². The molecule has 1 aromatic heterocycles. The zero-order valence-electron chi connectivity index (χ0n) is 21.8. The van der Waals surface area contributed by atoms with Crippen molar-refractivity contribution in [2.45, 2.75) is 65.8 Å². The second-order valence-electron chi connectivity index (χ2n) is 10.4. The maximum Gasteiger partial charge on any atom is 0.224 e. The maximum absolute atomic E-state index is 12.5. The van der Waals surface area contributed by atoms with E-state index in [0.717, 1.165) is 73.5 Å². The lowest BCUT2D eigenvalue weighted by molar-refractivity contribution is -0.125. The van der Waals surface area contributed by atoms with Crippen LogP contribution in [0.15, 0.2) is 24.3 Å². The van der Waals surface area contributed by atoms with E-state index in [-0.39, 0.29) is 30.7 Å². The van der Waals surface area contributed by atoms with E-state index in [0.29, 0.717) is 11.8 Å². The van der Waals surface area contributed by atoms with Crippen LogP contribution in [0.25, 0.3) is 10.9 Å². The molecule has 35 heavy (non-hydrogen) atoms. The number of fused-ring (bicyclic) bond motifs is 1. The molecule has 190 valence electrons. The number of rotatable bonds is 7. The van der Waals surface area contributed by atoms with E-state index in [1.807, 2.05) is 18.2 Å². The van der Waals surface area contributed by atoms with E-state index in [2.05, 4.69) is 54.2 Å². The van der Waals surface area contributed by atoms with Crippen LogP contribution in [0.2, 0.25) is 0 Å². The zero-order valence-corrected chi connectivity index (χ0v) is 21.8. The van der Waals surface area contributed by atoms with Gasteiger partial charge in [0.05, 0.1) is 5.52 Å². The Balaban J connectivity index is 1.32. The SMILES string of the molecule is CCN1CCN(c2cc(C)c3cc(NC(=O)CCC(=O)NC4CCCC(C)C4C)ccc3n2)CC1. The highest BCUT2D eigenvalue weighted by Crippen LogP contribution is 2.29. The Labute approximate surface area is 209 Å². The zero-order chi connectivity index (χ0) is 24.9. The fourth-order valence-electron chi connectivity index (χ4n) is 5.42. The molecule has 1 saturated heterocycles. The molecule has 1 saturated carbocycles. The van der Waals surface area contributed by atoms with Gasteiger partial charge < -0.3 is 20.4 Å². The lowest BCUT2D eigenvalue weighted by atomic mass is 9.78. The van der Waals surface area contributed by atoms with Crippen molar-refractivity contribution in [3.8, 4) is 0 Å². The third-order valence-electron chi connectivity index (χ3n) is 8.06. The smallest absolute Gasteiger partial charge is 0.224 e. The van der Waals surface area contributed by atoms with Crippen molar-refractivity contribution in [3.63, 3.8) is 0 Å². The summed E-state index contributed by atoms with van der Waals surface area (Å²) in [6, 6.07) is 8.23. The van der Waals surface area contributed by atoms with Crippen LogP contribution >= 0.6 is 0 Å². The van der Waals surface area contributed by atoms with E-state index < -0.39 is 0 Å². The molecular weight excluding hydrogens is 438 g/mol. The molecule has 0 spiro atoms. The van der Waals surface area contributed by atoms with Gasteiger partial charge in [0.25, 0.3) is 0 Å². The topological polar surface area (TPSA) is 77.6 Å². The summed E-state index contributed by atoms with van der Waals surface area (Å²) in [5.74, 6) is 1.97. The largest absolute Gasteiger partial charge is 0.354 e. The summed E-state index contributed by atoms with van der Waals surface area (Å²) in [7, 11) is 0. The molecular formula is C28H41N5O2. The van der Waals surface area contributed by atoms with Gasteiger partial charge >= 0.3 is 0 Å². The summed E-state index contributed by atoms with van der Waals surface area (Å²) in [5, 5.41) is 7.16. The Morgan fingerprint density at radius 1 is 1.03 bits per heavy atom. The monoisotopic (exact) mass is 479 g/mol. The average Bonchev–Trinajstić information content (AvgIpc) is 2.86.